The Kier molecular flexibility index (Phi) is 7.11. The van der Waals surface area contributed by atoms with Gasteiger partial charge in [-0.1, -0.05) is 31.2 Å². The summed E-state index contributed by atoms with van der Waals surface area (Å²) in [6.07, 6.45) is 5.18. The van der Waals surface area contributed by atoms with Crippen LogP contribution >= 0.6 is 0 Å². The van der Waals surface area contributed by atoms with Gasteiger partial charge >= 0.3 is 5.97 Å². The SMILES string of the molecule is CCc1ccc(/C=C/C(=O)NCCCC(=O)OC)cc1. The van der Waals surface area contributed by atoms with Gasteiger partial charge in [0, 0.05) is 19.0 Å². The molecule has 0 aliphatic rings. The van der Waals surface area contributed by atoms with E-state index in [-0.39, 0.29) is 11.9 Å². The molecule has 0 atom stereocenters. The molecule has 1 rings (SSSR count). The number of rotatable bonds is 7. The molecule has 20 heavy (non-hydrogen) atoms. The number of methoxy groups -OCH3 is 1. The number of benzene rings is 1. The van der Waals surface area contributed by atoms with E-state index in [2.05, 4.69) is 17.0 Å². The molecule has 0 fully saturated rings. The number of amides is 1. The maximum absolute atomic E-state index is 11.5. The fourth-order valence-corrected chi connectivity index (χ4v) is 1.64. The maximum Gasteiger partial charge on any atom is 0.305 e. The quantitative estimate of drug-likeness (QED) is 0.472. The van der Waals surface area contributed by atoms with Crippen molar-refractivity contribution in [2.45, 2.75) is 26.2 Å². The summed E-state index contributed by atoms with van der Waals surface area (Å²) < 4.78 is 4.52. The number of hydrogen-bond acceptors (Lipinski definition) is 3. The summed E-state index contributed by atoms with van der Waals surface area (Å²) in [5.41, 5.74) is 2.27. The van der Waals surface area contributed by atoms with E-state index in [1.165, 1.54) is 18.7 Å². The predicted octanol–water partition coefficient (Wildman–Crippen LogP) is 2.33. The van der Waals surface area contributed by atoms with Gasteiger partial charge in [0.05, 0.1) is 7.11 Å². The lowest BCUT2D eigenvalue weighted by Gasteiger charge is -2.01. The van der Waals surface area contributed by atoms with Gasteiger partial charge in [0.25, 0.3) is 0 Å². The largest absolute Gasteiger partial charge is 0.469 e. The molecule has 0 aliphatic carbocycles. The minimum absolute atomic E-state index is 0.158. The van der Waals surface area contributed by atoms with Gasteiger partial charge in [0.1, 0.15) is 0 Å². The Morgan fingerprint density at radius 1 is 1.25 bits per heavy atom. The Hall–Kier alpha value is -2.10. The molecule has 0 saturated carbocycles. The topological polar surface area (TPSA) is 55.4 Å². The summed E-state index contributed by atoms with van der Waals surface area (Å²) >= 11 is 0. The molecule has 0 heterocycles. The number of hydrogen-bond donors (Lipinski definition) is 1. The highest BCUT2D eigenvalue weighted by Gasteiger charge is 2.00. The van der Waals surface area contributed by atoms with Gasteiger partial charge in [-0.15, -0.1) is 0 Å². The van der Waals surface area contributed by atoms with Crippen molar-refractivity contribution in [2.24, 2.45) is 0 Å². The third-order valence-electron chi connectivity index (χ3n) is 2.90. The van der Waals surface area contributed by atoms with Crippen LogP contribution in [0.4, 0.5) is 0 Å². The predicted molar refractivity (Wildman–Crippen MR) is 79.1 cm³/mol. The van der Waals surface area contributed by atoms with Crippen molar-refractivity contribution >= 4 is 18.0 Å². The second-order valence-corrected chi connectivity index (χ2v) is 4.40. The van der Waals surface area contributed by atoms with E-state index in [1.807, 2.05) is 24.3 Å². The molecule has 0 spiro atoms. The van der Waals surface area contributed by atoms with Crippen molar-refractivity contribution in [1.29, 1.82) is 0 Å². The van der Waals surface area contributed by atoms with Gasteiger partial charge < -0.3 is 10.1 Å². The summed E-state index contributed by atoms with van der Waals surface area (Å²) in [5, 5.41) is 2.72. The number of carbonyl (C=O) groups excluding carboxylic acids is 2. The Balaban J connectivity index is 2.30. The van der Waals surface area contributed by atoms with E-state index in [0.29, 0.717) is 19.4 Å². The van der Waals surface area contributed by atoms with E-state index in [0.717, 1.165) is 12.0 Å². The van der Waals surface area contributed by atoms with Gasteiger partial charge in [-0.25, -0.2) is 0 Å². The lowest BCUT2D eigenvalue weighted by atomic mass is 10.1. The number of esters is 1. The summed E-state index contributed by atoms with van der Waals surface area (Å²) in [6, 6.07) is 8.07. The summed E-state index contributed by atoms with van der Waals surface area (Å²) in [6.45, 7) is 2.57. The molecule has 1 aromatic carbocycles. The second kappa shape index (κ2) is 8.91. The molecule has 1 amide bonds. The standard InChI is InChI=1S/C16H21NO3/c1-3-13-6-8-14(9-7-13)10-11-15(18)17-12-4-5-16(19)20-2/h6-11H,3-5,12H2,1-2H3,(H,17,18)/b11-10+. The van der Waals surface area contributed by atoms with E-state index >= 15 is 0 Å². The van der Waals surface area contributed by atoms with Crippen molar-refractivity contribution in [3.63, 3.8) is 0 Å². The molecular formula is C16H21NO3. The van der Waals surface area contributed by atoms with Crippen LogP contribution in [0.5, 0.6) is 0 Å². The van der Waals surface area contributed by atoms with Crippen LogP contribution < -0.4 is 5.32 Å². The average molecular weight is 275 g/mol. The molecule has 0 saturated heterocycles. The minimum atomic E-state index is -0.259. The number of ether oxygens (including phenoxy) is 1. The van der Waals surface area contributed by atoms with E-state index in [9.17, 15) is 9.59 Å². The van der Waals surface area contributed by atoms with Gasteiger partial charge in [-0.3, -0.25) is 9.59 Å². The second-order valence-electron chi connectivity index (χ2n) is 4.40. The molecule has 0 bridgehead atoms. The smallest absolute Gasteiger partial charge is 0.305 e. The van der Waals surface area contributed by atoms with Crippen LogP contribution in [0, 0.1) is 0 Å². The van der Waals surface area contributed by atoms with Crippen LogP contribution in [-0.2, 0) is 20.7 Å². The highest BCUT2D eigenvalue weighted by atomic mass is 16.5. The van der Waals surface area contributed by atoms with Crippen LogP contribution in [-0.4, -0.2) is 25.5 Å². The number of aryl methyl sites for hydroxylation is 1. The summed E-state index contributed by atoms with van der Waals surface area (Å²) in [7, 11) is 1.35. The molecule has 4 heteroatoms. The van der Waals surface area contributed by atoms with Gasteiger partial charge in [0.2, 0.25) is 5.91 Å². The Bertz CT molecular complexity index is 463. The zero-order chi connectivity index (χ0) is 14.8. The fraction of sp³-hybridized carbons (Fsp3) is 0.375. The van der Waals surface area contributed by atoms with Crippen LogP contribution in [0.25, 0.3) is 6.08 Å². The number of carbonyl (C=O) groups is 2. The molecule has 1 aromatic rings. The first kappa shape index (κ1) is 16.0. The monoisotopic (exact) mass is 275 g/mol. The molecule has 0 unspecified atom stereocenters. The van der Waals surface area contributed by atoms with Crippen LogP contribution in [0.3, 0.4) is 0 Å². The highest BCUT2D eigenvalue weighted by Crippen LogP contribution is 2.06. The van der Waals surface area contributed by atoms with E-state index in [1.54, 1.807) is 6.08 Å². The summed E-state index contributed by atoms with van der Waals surface area (Å²) in [4.78, 5) is 22.4. The molecular weight excluding hydrogens is 254 g/mol. The molecule has 4 nitrogen and oxygen atoms in total. The Labute approximate surface area is 119 Å². The molecule has 0 aliphatic heterocycles. The first-order chi connectivity index (χ1) is 9.65. The zero-order valence-corrected chi connectivity index (χ0v) is 12.0. The maximum atomic E-state index is 11.5. The van der Waals surface area contributed by atoms with Crippen molar-refractivity contribution < 1.29 is 14.3 Å². The Morgan fingerprint density at radius 3 is 2.55 bits per heavy atom. The third kappa shape index (κ3) is 6.18. The summed E-state index contributed by atoms with van der Waals surface area (Å²) in [5.74, 6) is -0.416. The molecule has 1 N–H and O–H groups in total. The van der Waals surface area contributed by atoms with Crippen LogP contribution in [0.2, 0.25) is 0 Å². The van der Waals surface area contributed by atoms with Gasteiger partial charge in [-0.05, 0) is 30.0 Å². The van der Waals surface area contributed by atoms with Gasteiger partial charge in [-0.2, -0.15) is 0 Å². The van der Waals surface area contributed by atoms with Crippen LogP contribution in [0.15, 0.2) is 30.3 Å². The lowest BCUT2D eigenvalue weighted by molar-refractivity contribution is -0.140. The van der Waals surface area contributed by atoms with Gasteiger partial charge in [0.15, 0.2) is 0 Å². The third-order valence-corrected chi connectivity index (χ3v) is 2.90. The normalized spacial score (nSPS) is 10.5. The van der Waals surface area contributed by atoms with Crippen molar-refractivity contribution in [1.82, 2.24) is 5.32 Å². The average Bonchev–Trinajstić information content (AvgIpc) is 2.49. The molecule has 108 valence electrons. The van der Waals surface area contributed by atoms with Crippen molar-refractivity contribution in [2.75, 3.05) is 13.7 Å². The van der Waals surface area contributed by atoms with E-state index in [4.69, 9.17) is 0 Å². The molecule has 0 radical (unpaired) electrons. The van der Waals surface area contributed by atoms with Crippen molar-refractivity contribution in [3.05, 3.63) is 41.5 Å². The minimum Gasteiger partial charge on any atom is -0.469 e. The number of nitrogens with one attached hydrogen (secondary N) is 1. The first-order valence-corrected chi connectivity index (χ1v) is 6.77. The fourth-order valence-electron chi connectivity index (χ4n) is 1.64. The first-order valence-electron chi connectivity index (χ1n) is 6.77. The zero-order valence-electron chi connectivity index (χ0n) is 12.0. The van der Waals surface area contributed by atoms with Crippen molar-refractivity contribution in [3.8, 4) is 0 Å². The lowest BCUT2D eigenvalue weighted by Crippen LogP contribution is -2.22. The van der Waals surface area contributed by atoms with E-state index < -0.39 is 0 Å². The highest BCUT2D eigenvalue weighted by molar-refractivity contribution is 5.91. The Morgan fingerprint density at radius 2 is 1.95 bits per heavy atom. The van der Waals surface area contributed by atoms with Crippen LogP contribution in [0.1, 0.15) is 30.9 Å². The molecule has 0 aromatic heterocycles.